The van der Waals surface area contributed by atoms with Gasteiger partial charge in [0.1, 0.15) is 17.3 Å². The minimum Gasteiger partial charge on any atom is -0.497 e. The summed E-state index contributed by atoms with van der Waals surface area (Å²) in [6.45, 7) is 0.583. The summed E-state index contributed by atoms with van der Waals surface area (Å²) >= 11 is 0. The smallest absolute Gasteiger partial charge is 0.223 e. The Morgan fingerprint density at radius 3 is 1.97 bits per heavy atom. The van der Waals surface area contributed by atoms with Crippen molar-refractivity contribution in [2.24, 2.45) is 11.8 Å². The van der Waals surface area contributed by atoms with Crippen LogP contribution in [-0.4, -0.2) is 32.5 Å². The summed E-state index contributed by atoms with van der Waals surface area (Å²) in [6.07, 6.45) is 5.57. The Labute approximate surface area is 185 Å². The van der Waals surface area contributed by atoms with Gasteiger partial charge in [0, 0.05) is 24.8 Å². The van der Waals surface area contributed by atoms with Crippen LogP contribution in [-0.2, 0) is 22.4 Å². The zero-order chi connectivity index (χ0) is 22.1. The van der Waals surface area contributed by atoms with Crippen molar-refractivity contribution in [3.05, 3.63) is 59.7 Å². The van der Waals surface area contributed by atoms with E-state index in [2.05, 4.69) is 5.32 Å². The van der Waals surface area contributed by atoms with Crippen LogP contribution < -0.4 is 14.8 Å². The quantitative estimate of drug-likeness (QED) is 0.583. The molecule has 2 aromatic rings. The summed E-state index contributed by atoms with van der Waals surface area (Å²) in [6, 6.07) is 15.8. The molecule has 0 aromatic heterocycles. The van der Waals surface area contributed by atoms with Crippen LogP contribution in [0, 0.1) is 11.8 Å². The van der Waals surface area contributed by atoms with Crippen LogP contribution in [0.15, 0.2) is 48.5 Å². The Balaban J connectivity index is 1.41. The molecule has 5 heteroatoms. The van der Waals surface area contributed by atoms with E-state index in [1.165, 1.54) is 5.56 Å². The van der Waals surface area contributed by atoms with Crippen molar-refractivity contribution in [2.45, 2.75) is 44.9 Å². The Bertz CT molecular complexity index is 773. The number of hydrogen-bond acceptors (Lipinski definition) is 4. The van der Waals surface area contributed by atoms with Gasteiger partial charge in [0.25, 0.3) is 0 Å². The van der Waals surface area contributed by atoms with Crippen molar-refractivity contribution in [3.8, 4) is 11.5 Å². The van der Waals surface area contributed by atoms with Gasteiger partial charge in [-0.05, 0) is 67.5 Å². The topological polar surface area (TPSA) is 64.6 Å². The van der Waals surface area contributed by atoms with Crippen molar-refractivity contribution in [3.63, 3.8) is 0 Å². The van der Waals surface area contributed by atoms with Crippen molar-refractivity contribution < 1.29 is 19.1 Å². The molecule has 0 heterocycles. The zero-order valence-corrected chi connectivity index (χ0v) is 18.6. The highest BCUT2D eigenvalue weighted by atomic mass is 16.5. The lowest BCUT2D eigenvalue weighted by atomic mass is 9.88. The number of ketones is 1. The number of rotatable bonds is 11. The third-order valence-electron chi connectivity index (χ3n) is 6.19. The van der Waals surface area contributed by atoms with E-state index in [1.807, 2.05) is 48.5 Å². The number of nitrogens with one attached hydrogen (secondary N) is 1. The largest absolute Gasteiger partial charge is 0.497 e. The molecule has 0 spiro atoms. The van der Waals surface area contributed by atoms with Gasteiger partial charge >= 0.3 is 0 Å². The molecule has 3 rings (SSSR count). The molecule has 2 atom stereocenters. The maximum absolute atomic E-state index is 12.8. The van der Waals surface area contributed by atoms with E-state index in [4.69, 9.17) is 9.47 Å². The number of hydrogen-bond donors (Lipinski definition) is 1. The SMILES string of the molecule is COc1ccc(CCCC(=O)[C@@H]2CCC[C@H]2C(=O)NCCc2ccc(OC)cc2)cc1. The third-order valence-corrected chi connectivity index (χ3v) is 6.19. The molecule has 31 heavy (non-hydrogen) atoms. The maximum Gasteiger partial charge on any atom is 0.223 e. The number of methoxy groups -OCH3 is 2. The number of amides is 1. The first kappa shape index (κ1) is 22.9. The second-order valence-electron chi connectivity index (χ2n) is 8.20. The number of Topliss-reactive ketones (excluding diaryl/α,β-unsaturated/α-hetero) is 1. The van der Waals surface area contributed by atoms with Crippen LogP contribution in [0.25, 0.3) is 0 Å². The van der Waals surface area contributed by atoms with Gasteiger partial charge in [-0.2, -0.15) is 0 Å². The molecule has 1 amide bonds. The summed E-state index contributed by atoms with van der Waals surface area (Å²) in [5, 5.41) is 3.05. The van der Waals surface area contributed by atoms with Gasteiger partial charge in [-0.1, -0.05) is 30.7 Å². The number of benzene rings is 2. The summed E-state index contributed by atoms with van der Waals surface area (Å²) in [4.78, 5) is 25.5. The molecule has 1 saturated carbocycles. The minimum absolute atomic E-state index is 0.0273. The molecule has 166 valence electrons. The fraction of sp³-hybridized carbons (Fsp3) is 0.462. The van der Waals surface area contributed by atoms with Gasteiger partial charge in [0.15, 0.2) is 0 Å². The van der Waals surface area contributed by atoms with Gasteiger partial charge in [-0.15, -0.1) is 0 Å². The standard InChI is InChI=1S/C26H33NO4/c1-30-21-13-9-19(10-14-21)5-3-8-25(28)23-6-4-7-24(23)26(29)27-18-17-20-11-15-22(31-2)16-12-20/h9-16,23-24H,3-8,17-18H2,1-2H3,(H,27,29)/t23-,24-/m1/s1. The van der Waals surface area contributed by atoms with Crippen molar-refractivity contribution in [1.29, 1.82) is 0 Å². The third kappa shape index (κ3) is 6.58. The highest BCUT2D eigenvalue weighted by Gasteiger charge is 2.36. The molecule has 0 aliphatic heterocycles. The lowest BCUT2D eigenvalue weighted by molar-refractivity contribution is -0.132. The Morgan fingerprint density at radius 1 is 0.839 bits per heavy atom. The lowest BCUT2D eigenvalue weighted by Gasteiger charge is -2.18. The summed E-state index contributed by atoms with van der Waals surface area (Å²) in [5.41, 5.74) is 2.35. The predicted octanol–water partition coefficient (Wildman–Crippen LogP) is 4.37. The second kappa shape index (κ2) is 11.5. The molecule has 5 nitrogen and oxygen atoms in total. The first-order valence-corrected chi connectivity index (χ1v) is 11.2. The van der Waals surface area contributed by atoms with Gasteiger partial charge in [-0.25, -0.2) is 0 Å². The number of ether oxygens (including phenoxy) is 2. The minimum atomic E-state index is -0.177. The molecule has 0 unspecified atom stereocenters. The molecule has 0 radical (unpaired) electrons. The van der Waals surface area contributed by atoms with E-state index in [-0.39, 0.29) is 23.5 Å². The number of aryl methyl sites for hydroxylation is 1. The molecule has 1 N–H and O–H groups in total. The van der Waals surface area contributed by atoms with Crippen LogP contribution in [0.4, 0.5) is 0 Å². The Kier molecular flexibility index (Phi) is 8.51. The van der Waals surface area contributed by atoms with Crippen molar-refractivity contribution in [2.75, 3.05) is 20.8 Å². The highest BCUT2D eigenvalue weighted by molar-refractivity contribution is 5.89. The molecule has 0 bridgehead atoms. The van der Waals surface area contributed by atoms with Crippen LogP contribution in [0.2, 0.25) is 0 Å². The van der Waals surface area contributed by atoms with Crippen LogP contribution in [0.1, 0.15) is 43.2 Å². The molecule has 1 aliphatic carbocycles. The number of carbonyl (C=O) groups is 2. The molecule has 2 aromatic carbocycles. The Morgan fingerprint density at radius 2 is 1.39 bits per heavy atom. The molecular weight excluding hydrogens is 390 g/mol. The van der Waals surface area contributed by atoms with E-state index in [1.54, 1.807) is 14.2 Å². The lowest BCUT2D eigenvalue weighted by Crippen LogP contribution is -2.36. The van der Waals surface area contributed by atoms with E-state index in [9.17, 15) is 9.59 Å². The second-order valence-corrected chi connectivity index (χ2v) is 8.20. The monoisotopic (exact) mass is 423 g/mol. The van der Waals surface area contributed by atoms with Gasteiger partial charge in [-0.3, -0.25) is 9.59 Å². The van der Waals surface area contributed by atoms with Gasteiger partial charge < -0.3 is 14.8 Å². The summed E-state index contributed by atoms with van der Waals surface area (Å²) in [7, 11) is 3.30. The normalized spacial score (nSPS) is 17.9. The van der Waals surface area contributed by atoms with Crippen LogP contribution in [0.3, 0.4) is 0 Å². The zero-order valence-electron chi connectivity index (χ0n) is 18.6. The van der Waals surface area contributed by atoms with Crippen LogP contribution >= 0.6 is 0 Å². The molecular formula is C26H33NO4. The fourth-order valence-corrected chi connectivity index (χ4v) is 4.36. The maximum atomic E-state index is 12.8. The first-order valence-electron chi connectivity index (χ1n) is 11.2. The van der Waals surface area contributed by atoms with E-state index in [0.717, 1.165) is 55.6 Å². The Hall–Kier alpha value is -2.82. The molecule has 1 aliphatic rings. The average molecular weight is 424 g/mol. The first-order chi connectivity index (χ1) is 15.1. The average Bonchev–Trinajstić information content (AvgIpc) is 3.30. The fourth-order valence-electron chi connectivity index (χ4n) is 4.36. The predicted molar refractivity (Wildman–Crippen MR) is 121 cm³/mol. The summed E-state index contributed by atoms with van der Waals surface area (Å²) < 4.78 is 10.3. The van der Waals surface area contributed by atoms with E-state index < -0.39 is 0 Å². The van der Waals surface area contributed by atoms with Crippen molar-refractivity contribution in [1.82, 2.24) is 5.32 Å². The number of carbonyl (C=O) groups excluding carboxylic acids is 2. The molecule has 0 saturated heterocycles. The van der Waals surface area contributed by atoms with Crippen molar-refractivity contribution >= 4 is 11.7 Å². The molecule has 1 fully saturated rings. The van der Waals surface area contributed by atoms with E-state index >= 15 is 0 Å². The highest BCUT2D eigenvalue weighted by Crippen LogP contribution is 2.33. The van der Waals surface area contributed by atoms with E-state index in [0.29, 0.717) is 13.0 Å². The van der Waals surface area contributed by atoms with Gasteiger partial charge in [0.05, 0.1) is 14.2 Å². The van der Waals surface area contributed by atoms with Gasteiger partial charge in [0.2, 0.25) is 5.91 Å². The summed E-state index contributed by atoms with van der Waals surface area (Å²) in [5.74, 6) is 1.63. The van der Waals surface area contributed by atoms with Crippen LogP contribution in [0.5, 0.6) is 11.5 Å².